The van der Waals surface area contributed by atoms with E-state index in [2.05, 4.69) is 15.5 Å². The second-order valence-corrected chi connectivity index (χ2v) is 7.10. The van der Waals surface area contributed by atoms with Gasteiger partial charge in [-0.05, 0) is 31.2 Å². The number of hydrogen-bond donors (Lipinski definition) is 1. The third-order valence-corrected chi connectivity index (χ3v) is 5.03. The van der Waals surface area contributed by atoms with E-state index in [1.807, 2.05) is 36.4 Å². The van der Waals surface area contributed by atoms with Crippen molar-refractivity contribution in [1.29, 1.82) is 0 Å². The molecule has 2 aromatic carbocycles. The number of rotatable bonds is 6. The molecule has 1 aromatic heterocycles. The number of methoxy groups -OCH3 is 1. The molecule has 1 atom stereocenters. The second-order valence-electron chi connectivity index (χ2n) is 5.38. The summed E-state index contributed by atoms with van der Waals surface area (Å²) in [6.07, 6.45) is 1.60. The molecule has 0 bridgehead atoms. The van der Waals surface area contributed by atoms with Crippen molar-refractivity contribution < 1.29 is 9.53 Å². The molecule has 134 valence electrons. The Hall–Kier alpha value is -2.51. The van der Waals surface area contributed by atoms with Crippen LogP contribution in [0.1, 0.15) is 6.92 Å². The Labute approximate surface area is 160 Å². The molecule has 0 saturated carbocycles. The molecule has 0 spiro atoms. The van der Waals surface area contributed by atoms with Crippen LogP contribution in [0.4, 0.5) is 5.69 Å². The van der Waals surface area contributed by atoms with E-state index in [1.54, 1.807) is 37.1 Å². The zero-order chi connectivity index (χ0) is 18.5. The predicted octanol–water partition coefficient (Wildman–Crippen LogP) is 4.05. The van der Waals surface area contributed by atoms with E-state index in [0.717, 1.165) is 5.69 Å². The number of anilines is 1. The lowest BCUT2D eigenvalue weighted by Crippen LogP contribution is -2.23. The third kappa shape index (κ3) is 4.00. The Kier molecular flexibility index (Phi) is 5.80. The first kappa shape index (κ1) is 18.3. The van der Waals surface area contributed by atoms with Crippen LogP contribution in [0.25, 0.3) is 5.69 Å². The summed E-state index contributed by atoms with van der Waals surface area (Å²) in [5.74, 6) is 0.528. The molecule has 0 unspecified atom stereocenters. The summed E-state index contributed by atoms with van der Waals surface area (Å²) in [7, 11) is 1.61. The first-order valence-corrected chi connectivity index (χ1v) is 9.11. The van der Waals surface area contributed by atoms with Gasteiger partial charge in [-0.1, -0.05) is 47.6 Å². The Morgan fingerprint density at radius 2 is 1.96 bits per heavy atom. The van der Waals surface area contributed by atoms with Gasteiger partial charge in [0.1, 0.15) is 12.1 Å². The van der Waals surface area contributed by atoms with E-state index in [0.29, 0.717) is 21.6 Å². The van der Waals surface area contributed by atoms with Crippen molar-refractivity contribution in [3.63, 3.8) is 0 Å². The molecule has 0 aliphatic carbocycles. The lowest BCUT2D eigenvalue weighted by molar-refractivity contribution is -0.115. The molecular formula is C18H17ClN4O2S. The molecule has 6 nitrogen and oxygen atoms in total. The highest BCUT2D eigenvalue weighted by Crippen LogP contribution is 2.29. The maximum absolute atomic E-state index is 12.5. The second kappa shape index (κ2) is 8.25. The van der Waals surface area contributed by atoms with Crippen molar-refractivity contribution in [2.24, 2.45) is 0 Å². The monoisotopic (exact) mass is 388 g/mol. The zero-order valence-corrected chi connectivity index (χ0v) is 15.8. The highest BCUT2D eigenvalue weighted by Gasteiger charge is 2.20. The quantitative estimate of drug-likeness (QED) is 0.645. The Morgan fingerprint density at radius 3 is 2.73 bits per heavy atom. The van der Waals surface area contributed by atoms with Gasteiger partial charge in [-0.2, -0.15) is 0 Å². The van der Waals surface area contributed by atoms with Gasteiger partial charge < -0.3 is 10.1 Å². The van der Waals surface area contributed by atoms with Gasteiger partial charge in [-0.15, -0.1) is 10.2 Å². The minimum Gasteiger partial charge on any atom is -0.495 e. The number of halogens is 1. The summed E-state index contributed by atoms with van der Waals surface area (Å²) in [5, 5.41) is 11.6. The first-order chi connectivity index (χ1) is 12.6. The van der Waals surface area contributed by atoms with Crippen molar-refractivity contribution in [3.8, 4) is 11.4 Å². The van der Waals surface area contributed by atoms with E-state index in [9.17, 15) is 4.79 Å². The molecule has 3 rings (SSSR count). The molecule has 0 fully saturated rings. The van der Waals surface area contributed by atoms with Gasteiger partial charge >= 0.3 is 0 Å². The summed E-state index contributed by atoms with van der Waals surface area (Å²) < 4.78 is 7.18. The topological polar surface area (TPSA) is 69.0 Å². The van der Waals surface area contributed by atoms with Crippen LogP contribution in [0.2, 0.25) is 5.02 Å². The average molecular weight is 389 g/mol. The van der Waals surface area contributed by atoms with Crippen molar-refractivity contribution in [1.82, 2.24) is 14.8 Å². The summed E-state index contributed by atoms with van der Waals surface area (Å²) in [6, 6.07) is 14.7. The Morgan fingerprint density at radius 1 is 1.23 bits per heavy atom. The first-order valence-electron chi connectivity index (χ1n) is 7.85. The van der Waals surface area contributed by atoms with Crippen molar-refractivity contribution >= 4 is 35.0 Å². The molecule has 3 aromatic rings. The van der Waals surface area contributed by atoms with E-state index >= 15 is 0 Å². The minimum absolute atomic E-state index is 0.169. The van der Waals surface area contributed by atoms with Crippen molar-refractivity contribution in [2.45, 2.75) is 17.3 Å². The van der Waals surface area contributed by atoms with Crippen LogP contribution in [-0.2, 0) is 4.79 Å². The summed E-state index contributed by atoms with van der Waals surface area (Å²) in [4.78, 5) is 12.5. The molecule has 1 amide bonds. The summed E-state index contributed by atoms with van der Waals surface area (Å²) in [6.45, 7) is 1.80. The van der Waals surface area contributed by atoms with Crippen LogP contribution < -0.4 is 10.1 Å². The van der Waals surface area contributed by atoms with Crippen LogP contribution in [0.15, 0.2) is 60.0 Å². The molecule has 1 heterocycles. The van der Waals surface area contributed by atoms with E-state index < -0.39 is 5.25 Å². The average Bonchev–Trinajstić information content (AvgIpc) is 3.11. The smallest absolute Gasteiger partial charge is 0.237 e. The maximum atomic E-state index is 12.5. The normalized spacial score (nSPS) is 11.8. The maximum Gasteiger partial charge on any atom is 0.237 e. The van der Waals surface area contributed by atoms with Crippen LogP contribution in [-0.4, -0.2) is 33.0 Å². The number of carbonyl (C=O) groups is 1. The predicted molar refractivity (Wildman–Crippen MR) is 103 cm³/mol. The number of para-hydroxylation sites is 3. The van der Waals surface area contributed by atoms with E-state index in [1.165, 1.54) is 11.8 Å². The van der Waals surface area contributed by atoms with E-state index in [-0.39, 0.29) is 5.91 Å². The lowest BCUT2D eigenvalue weighted by Gasteiger charge is -2.14. The van der Waals surface area contributed by atoms with E-state index in [4.69, 9.17) is 16.3 Å². The van der Waals surface area contributed by atoms with Gasteiger partial charge in [0.2, 0.25) is 5.91 Å². The third-order valence-electron chi connectivity index (χ3n) is 3.64. The highest BCUT2D eigenvalue weighted by molar-refractivity contribution is 8.00. The molecule has 0 radical (unpaired) electrons. The van der Waals surface area contributed by atoms with Gasteiger partial charge in [0.15, 0.2) is 5.16 Å². The molecule has 0 aliphatic rings. The largest absolute Gasteiger partial charge is 0.495 e. The van der Waals surface area contributed by atoms with Crippen LogP contribution in [0.3, 0.4) is 0 Å². The van der Waals surface area contributed by atoms with Gasteiger partial charge in [0.05, 0.1) is 28.8 Å². The molecular weight excluding hydrogens is 372 g/mol. The molecule has 1 N–H and O–H groups in total. The SMILES string of the molecule is COc1ccccc1-n1cnnc1S[C@@H](C)C(=O)Nc1ccccc1Cl. The van der Waals surface area contributed by atoms with Crippen LogP contribution in [0, 0.1) is 0 Å². The lowest BCUT2D eigenvalue weighted by atomic mass is 10.3. The molecule has 0 aliphatic heterocycles. The Bertz CT molecular complexity index is 915. The van der Waals surface area contributed by atoms with Crippen LogP contribution in [0.5, 0.6) is 5.75 Å². The van der Waals surface area contributed by atoms with Crippen LogP contribution >= 0.6 is 23.4 Å². The number of ether oxygens (including phenoxy) is 1. The van der Waals surface area contributed by atoms with Gasteiger partial charge in [0.25, 0.3) is 0 Å². The number of thioether (sulfide) groups is 1. The fourth-order valence-electron chi connectivity index (χ4n) is 2.31. The number of aromatic nitrogens is 3. The summed E-state index contributed by atoms with van der Waals surface area (Å²) in [5.41, 5.74) is 1.39. The number of nitrogens with one attached hydrogen (secondary N) is 1. The zero-order valence-electron chi connectivity index (χ0n) is 14.2. The number of nitrogens with zero attached hydrogens (tertiary/aromatic N) is 3. The van der Waals surface area contributed by atoms with Crippen molar-refractivity contribution in [3.05, 3.63) is 59.9 Å². The number of amides is 1. The molecule has 26 heavy (non-hydrogen) atoms. The van der Waals surface area contributed by atoms with Gasteiger partial charge in [0, 0.05) is 0 Å². The minimum atomic E-state index is -0.399. The summed E-state index contributed by atoms with van der Waals surface area (Å²) >= 11 is 7.40. The highest BCUT2D eigenvalue weighted by atomic mass is 35.5. The molecule has 0 saturated heterocycles. The number of benzene rings is 2. The fraction of sp³-hybridized carbons (Fsp3) is 0.167. The standard InChI is InChI=1S/C18H17ClN4O2S/c1-12(17(24)21-14-8-4-3-7-13(14)19)26-18-22-20-11-23(18)15-9-5-6-10-16(15)25-2/h3-12H,1-2H3,(H,21,24)/t12-/m0/s1. The molecule has 8 heteroatoms. The van der Waals surface area contributed by atoms with Gasteiger partial charge in [-0.25, -0.2) is 0 Å². The number of hydrogen-bond acceptors (Lipinski definition) is 5. The Balaban J connectivity index is 1.76. The number of carbonyl (C=O) groups excluding carboxylic acids is 1. The fourth-order valence-corrected chi connectivity index (χ4v) is 3.33. The van der Waals surface area contributed by atoms with Crippen molar-refractivity contribution in [2.75, 3.05) is 12.4 Å². The van der Waals surface area contributed by atoms with Gasteiger partial charge in [-0.3, -0.25) is 9.36 Å².